The van der Waals surface area contributed by atoms with E-state index in [1.54, 1.807) is 12.4 Å². The number of hydrogen-bond acceptors (Lipinski definition) is 7. The van der Waals surface area contributed by atoms with Gasteiger partial charge in [-0.25, -0.2) is 18.7 Å². The summed E-state index contributed by atoms with van der Waals surface area (Å²) < 4.78 is 27.6. The highest BCUT2D eigenvalue weighted by Crippen LogP contribution is 2.30. The second-order valence-corrected chi connectivity index (χ2v) is 8.81. The Morgan fingerprint density at radius 1 is 1.00 bits per heavy atom. The number of nitrogens with one attached hydrogen (secondary N) is 1. The fourth-order valence-electron chi connectivity index (χ4n) is 5.04. The molecule has 2 fully saturated rings. The number of Topliss-reactive ketones (excluding diaryl/α,β-unsaturated/α-hetero) is 1. The van der Waals surface area contributed by atoms with Crippen LogP contribution < -0.4 is 10.2 Å². The molecule has 0 saturated carbocycles. The molecule has 7 nitrogen and oxygen atoms in total. The molecule has 2 aromatic rings. The van der Waals surface area contributed by atoms with E-state index in [9.17, 15) is 13.6 Å². The molecule has 1 N–H and O–H groups in total. The summed E-state index contributed by atoms with van der Waals surface area (Å²) in [7, 11) is 0. The Labute approximate surface area is 186 Å². The Hall–Kier alpha value is -2.65. The van der Waals surface area contributed by atoms with Crippen LogP contribution in [0.4, 0.5) is 20.4 Å². The highest BCUT2D eigenvalue weighted by atomic mass is 19.2. The van der Waals surface area contributed by atoms with Crippen molar-refractivity contribution >= 4 is 17.4 Å². The number of ketones is 1. The molecule has 5 rings (SSSR count). The smallest absolute Gasteiger partial charge is 0.159 e. The van der Waals surface area contributed by atoms with Gasteiger partial charge in [0.15, 0.2) is 17.4 Å². The first-order chi connectivity index (χ1) is 15.6. The van der Waals surface area contributed by atoms with Crippen LogP contribution in [0.2, 0.25) is 0 Å². The van der Waals surface area contributed by atoms with E-state index in [-0.39, 0.29) is 11.8 Å². The topological polar surface area (TPSA) is 64.6 Å². The molecule has 32 heavy (non-hydrogen) atoms. The van der Waals surface area contributed by atoms with E-state index in [0.29, 0.717) is 13.0 Å². The zero-order valence-corrected chi connectivity index (χ0v) is 18.1. The van der Waals surface area contributed by atoms with E-state index in [1.165, 1.54) is 25.0 Å². The number of rotatable bonds is 5. The number of benzene rings is 1. The van der Waals surface area contributed by atoms with Crippen molar-refractivity contribution in [1.82, 2.24) is 19.8 Å². The quantitative estimate of drug-likeness (QED) is 0.762. The predicted molar refractivity (Wildman–Crippen MR) is 118 cm³/mol. The molecule has 4 heterocycles. The van der Waals surface area contributed by atoms with Crippen molar-refractivity contribution in [3.05, 3.63) is 47.3 Å². The number of fused-ring (bicyclic) bond motifs is 1. The third-order valence-electron chi connectivity index (χ3n) is 6.76. The van der Waals surface area contributed by atoms with Gasteiger partial charge in [0.1, 0.15) is 18.0 Å². The molecule has 3 aliphatic rings. The minimum Gasteiger partial charge on any atom is -0.363 e. The fraction of sp³-hybridized carbons (Fsp3) is 0.522. The summed E-state index contributed by atoms with van der Waals surface area (Å²) in [6, 6.07) is 4.30. The van der Waals surface area contributed by atoms with Gasteiger partial charge in [0.2, 0.25) is 0 Å². The molecule has 2 saturated heterocycles. The summed E-state index contributed by atoms with van der Waals surface area (Å²) >= 11 is 0. The number of anilines is 2. The molecule has 0 bridgehead atoms. The summed E-state index contributed by atoms with van der Waals surface area (Å²) in [5, 5.41) is 3.08. The van der Waals surface area contributed by atoms with Gasteiger partial charge in [0, 0.05) is 50.7 Å². The lowest BCUT2D eigenvalue weighted by molar-refractivity contribution is -0.117. The van der Waals surface area contributed by atoms with Gasteiger partial charge >= 0.3 is 0 Å². The lowest BCUT2D eigenvalue weighted by Crippen LogP contribution is -2.50. The first kappa shape index (κ1) is 21.2. The van der Waals surface area contributed by atoms with Crippen LogP contribution in [0.3, 0.4) is 0 Å². The van der Waals surface area contributed by atoms with Crippen LogP contribution in [-0.4, -0.2) is 77.9 Å². The van der Waals surface area contributed by atoms with Crippen LogP contribution in [0.15, 0.2) is 24.5 Å². The molecule has 1 atom stereocenters. The Morgan fingerprint density at radius 2 is 1.78 bits per heavy atom. The van der Waals surface area contributed by atoms with Crippen LogP contribution in [0.25, 0.3) is 0 Å². The minimum atomic E-state index is -0.810. The van der Waals surface area contributed by atoms with Gasteiger partial charge in [0.25, 0.3) is 0 Å². The molecule has 3 aliphatic heterocycles. The highest BCUT2D eigenvalue weighted by Gasteiger charge is 2.30. The van der Waals surface area contributed by atoms with Crippen molar-refractivity contribution in [3.8, 4) is 0 Å². The van der Waals surface area contributed by atoms with E-state index in [0.717, 1.165) is 68.6 Å². The van der Waals surface area contributed by atoms with E-state index < -0.39 is 11.6 Å². The largest absolute Gasteiger partial charge is 0.363 e. The first-order valence-electron chi connectivity index (χ1n) is 11.3. The van der Waals surface area contributed by atoms with Crippen LogP contribution in [0.5, 0.6) is 0 Å². The lowest BCUT2D eigenvalue weighted by atomic mass is 10.0. The van der Waals surface area contributed by atoms with Gasteiger partial charge in [0.05, 0.1) is 6.54 Å². The van der Waals surface area contributed by atoms with Crippen molar-refractivity contribution in [2.24, 2.45) is 0 Å². The summed E-state index contributed by atoms with van der Waals surface area (Å²) in [6.07, 6.45) is 4.26. The van der Waals surface area contributed by atoms with E-state index in [4.69, 9.17) is 0 Å². The predicted octanol–water partition coefficient (Wildman–Crippen LogP) is 2.25. The van der Waals surface area contributed by atoms with E-state index in [2.05, 4.69) is 30.0 Å². The molecule has 1 aromatic carbocycles. The lowest BCUT2D eigenvalue weighted by Gasteiger charge is -2.41. The number of likely N-dealkylation sites (tertiary alicyclic amines) is 1. The molecule has 0 amide bonds. The summed E-state index contributed by atoms with van der Waals surface area (Å²) in [5.74, 6) is 0.0913. The minimum absolute atomic E-state index is 0.00732. The van der Waals surface area contributed by atoms with E-state index in [1.807, 2.05) is 0 Å². The van der Waals surface area contributed by atoms with Gasteiger partial charge in [-0.1, -0.05) is 6.07 Å². The molecular formula is C23H28F2N6O. The standard InChI is InChI=1S/C23H28F2N6O/c24-19-4-3-16(11-20(19)25)21(14-29-5-1-2-6-29)30-7-9-31(10-8-30)23-18-12-17(32)13-26-22(18)27-15-28-23/h3-4,11,15,21H,1-2,5-10,12-14H2,(H,26,27,28). The molecule has 1 aromatic heterocycles. The van der Waals surface area contributed by atoms with Gasteiger partial charge < -0.3 is 15.1 Å². The fourth-order valence-corrected chi connectivity index (χ4v) is 5.04. The number of hydrogen-bond donors (Lipinski definition) is 1. The molecule has 0 aliphatic carbocycles. The monoisotopic (exact) mass is 442 g/mol. The Bertz CT molecular complexity index is 988. The number of halogens is 2. The molecule has 1 unspecified atom stereocenters. The third-order valence-corrected chi connectivity index (χ3v) is 6.76. The molecule has 0 radical (unpaired) electrons. The Balaban J connectivity index is 1.33. The van der Waals surface area contributed by atoms with Crippen molar-refractivity contribution < 1.29 is 13.6 Å². The molecule has 0 spiro atoms. The molecule has 9 heteroatoms. The Kier molecular flexibility index (Phi) is 6.01. The number of aromatic nitrogens is 2. The zero-order valence-electron chi connectivity index (χ0n) is 18.1. The van der Waals surface area contributed by atoms with Gasteiger partial charge in [-0.3, -0.25) is 9.69 Å². The molecule has 170 valence electrons. The van der Waals surface area contributed by atoms with Crippen molar-refractivity contribution in [3.63, 3.8) is 0 Å². The average molecular weight is 443 g/mol. The third kappa shape index (κ3) is 4.31. The van der Waals surface area contributed by atoms with Crippen LogP contribution in [0.1, 0.15) is 30.0 Å². The number of carbonyl (C=O) groups is 1. The van der Waals surface area contributed by atoms with Crippen LogP contribution >= 0.6 is 0 Å². The normalized spacial score (nSPS) is 20.8. The summed E-state index contributed by atoms with van der Waals surface area (Å²) in [5.41, 5.74) is 1.69. The van der Waals surface area contributed by atoms with Crippen molar-refractivity contribution in [1.29, 1.82) is 0 Å². The van der Waals surface area contributed by atoms with Crippen LogP contribution in [-0.2, 0) is 11.2 Å². The van der Waals surface area contributed by atoms with Gasteiger partial charge in [-0.05, 0) is 43.6 Å². The van der Waals surface area contributed by atoms with Crippen LogP contribution in [0, 0.1) is 11.6 Å². The SMILES string of the molecule is O=C1CNc2ncnc(N3CCN(C(CN4CCCC4)c4ccc(F)c(F)c4)CC3)c2C1. The van der Waals surface area contributed by atoms with E-state index >= 15 is 0 Å². The van der Waals surface area contributed by atoms with Gasteiger partial charge in [-0.2, -0.15) is 0 Å². The second kappa shape index (κ2) is 9.07. The first-order valence-corrected chi connectivity index (χ1v) is 11.3. The summed E-state index contributed by atoms with van der Waals surface area (Å²) in [6.45, 7) is 6.27. The van der Waals surface area contributed by atoms with Crippen molar-refractivity contribution in [2.75, 3.05) is 62.6 Å². The number of carbonyl (C=O) groups excluding carboxylic acids is 1. The van der Waals surface area contributed by atoms with Gasteiger partial charge in [-0.15, -0.1) is 0 Å². The maximum Gasteiger partial charge on any atom is 0.159 e. The maximum absolute atomic E-state index is 14.0. The number of nitrogens with zero attached hydrogens (tertiary/aromatic N) is 5. The molecular weight excluding hydrogens is 414 g/mol. The maximum atomic E-state index is 14.0. The highest BCUT2D eigenvalue weighted by molar-refractivity contribution is 5.90. The average Bonchev–Trinajstić information content (AvgIpc) is 3.32. The van der Waals surface area contributed by atoms with Crippen molar-refractivity contribution in [2.45, 2.75) is 25.3 Å². The Morgan fingerprint density at radius 3 is 2.53 bits per heavy atom. The second-order valence-electron chi connectivity index (χ2n) is 8.81. The zero-order chi connectivity index (χ0) is 22.1. The summed E-state index contributed by atoms with van der Waals surface area (Å²) in [4.78, 5) is 27.7. The number of piperazine rings is 1.